The number of amides is 3. The van der Waals surface area contributed by atoms with Crippen LogP contribution in [0.25, 0.3) is 0 Å². The molecule has 3 amide bonds. The lowest BCUT2D eigenvalue weighted by atomic mass is 9.95. The topological polar surface area (TPSA) is 82.2 Å². The summed E-state index contributed by atoms with van der Waals surface area (Å²) >= 11 is 0. The molecule has 32 heavy (non-hydrogen) atoms. The molecule has 1 fully saturated rings. The van der Waals surface area contributed by atoms with Crippen molar-refractivity contribution < 1.29 is 19.1 Å². The van der Waals surface area contributed by atoms with Gasteiger partial charge in [-0.1, -0.05) is 0 Å². The van der Waals surface area contributed by atoms with E-state index in [0.717, 1.165) is 31.5 Å². The van der Waals surface area contributed by atoms with Gasteiger partial charge in [0.1, 0.15) is 18.3 Å². The minimum atomic E-state index is -0.303. The van der Waals surface area contributed by atoms with Gasteiger partial charge in [0.2, 0.25) is 11.8 Å². The number of nitrogens with one attached hydrogen (secondary N) is 1. The molecule has 1 atom stereocenters. The zero-order chi connectivity index (χ0) is 22.8. The number of anilines is 3. The summed E-state index contributed by atoms with van der Waals surface area (Å²) in [6, 6.07) is 12.1. The lowest BCUT2D eigenvalue weighted by Gasteiger charge is -2.45. The number of fused-ring (bicyclic) bond motifs is 3. The Labute approximate surface area is 187 Å². The summed E-state index contributed by atoms with van der Waals surface area (Å²) in [4.78, 5) is 43.9. The Bertz CT molecular complexity index is 1030. The molecule has 8 nitrogen and oxygen atoms in total. The van der Waals surface area contributed by atoms with Crippen molar-refractivity contribution in [3.05, 3.63) is 48.0 Å². The van der Waals surface area contributed by atoms with Gasteiger partial charge >= 0.3 is 0 Å². The van der Waals surface area contributed by atoms with Gasteiger partial charge in [-0.15, -0.1) is 0 Å². The molecule has 0 radical (unpaired) electrons. The zero-order valence-electron chi connectivity index (χ0n) is 18.6. The van der Waals surface area contributed by atoms with Gasteiger partial charge in [-0.25, -0.2) is 0 Å². The predicted octanol–water partition coefficient (Wildman–Crippen LogP) is 2.74. The van der Waals surface area contributed by atoms with Gasteiger partial charge in [-0.2, -0.15) is 0 Å². The minimum Gasteiger partial charge on any atom is -0.497 e. The van der Waals surface area contributed by atoms with Gasteiger partial charge < -0.3 is 19.9 Å². The molecule has 2 aromatic carbocycles. The molecule has 2 heterocycles. The van der Waals surface area contributed by atoms with Gasteiger partial charge in [0.05, 0.1) is 18.5 Å². The molecule has 0 aliphatic carbocycles. The lowest BCUT2D eigenvalue weighted by Crippen LogP contribution is -2.56. The van der Waals surface area contributed by atoms with Gasteiger partial charge in [-0.05, 0) is 61.7 Å². The molecule has 0 saturated carbocycles. The first kappa shape index (κ1) is 21.7. The average molecular weight is 437 g/mol. The van der Waals surface area contributed by atoms with Crippen LogP contribution in [0.1, 0.15) is 29.6 Å². The van der Waals surface area contributed by atoms with E-state index in [2.05, 4.69) is 10.2 Å². The maximum Gasteiger partial charge on any atom is 0.253 e. The summed E-state index contributed by atoms with van der Waals surface area (Å²) in [5.41, 5.74) is 2.60. The monoisotopic (exact) mass is 436 g/mol. The molecule has 2 aliphatic heterocycles. The molecular formula is C24H28N4O4. The van der Waals surface area contributed by atoms with E-state index in [1.54, 1.807) is 57.6 Å². The van der Waals surface area contributed by atoms with Crippen LogP contribution in [-0.2, 0) is 9.59 Å². The van der Waals surface area contributed by atoms with Crippen LogP contribution >= 0.6 is 0 Å². The molecular weight excluding hydrogens is 408 g/mol. The van der Waals surface area contributed by atoms with E-state index < -0.39 is 0 Å². The third-order valence-electron chi connectivity index (χ3n) is 5.96. The minimum absolute atomic E-state index is 0.100. The SMILES string of the molecule is COc1ccc(NC(=O)CN2C(=O)[C@H]3CCCCN3c3ccc(C(=O)N(C)C)cc32)cc1. The van der Waals surface area contributed by atoms with E-state index in [0.29, 0.717) is 22.7 Å². The van der Waals surface area contributed by atoms with Crippen LogP contribution in [0, 0.1) is 0 Å². The number of ether oxygens (including phenoxy) is 1. The molecule has 0 aromatic heterocycles. The number of benzene rings is 2. The van der Waals surface area contributed by atoms with Crippen molar-refractivity contribution in [3.63, 3.8) is 0 Å². The number of rotatable bonds is 5. The number of nitrogens with zero attached hydrogens (tertiary/aromatic N) is 3. The van der Waals surface area contributed by atoms with Crippen molar-refractivity contribution in [3.8, 4) is 5.75 Å². The number of hydrogen-bond donors (Lipinski definition) is 1. The summed E-state index contributed by atoms with van der Waals surface area (Å²) in [5, 5.41) is 2.84. The third kappa shape index (κ3) is 4.12. The Morgan fingerprint density at radius 2 is 1.84 bits per heavy atom. The van der Waals surface area contributed by atoms with Crippen LogP contribution in [0.2, 0.25) is 0 Å². The molecule has 168 valence electrons. The summed E-state index contributed by atoms with van der Waals surface area (Å²) in [6.45, 7) is 0.665. The van der Waals surface area contributed by atoms with Crippen LogP contribution in [-0.4, -0.2) is 63.0 Å². The van der Waals surface area contributed by atoms with E-state index in [1.165, 1.54) is 9.80 Å². The predicted molar refractivity (Wildman–Crippen MR) is 123 cm³/mol. The van der Waals surface area contributed by atoms with Crippen molar-refractivity contribution in [2.75, 3.05) is 49.4 Å². The Balaban J connectivity index is 1.63. The molecule has 8 heteroatoms. The highest BCUT2D eigenvalue weighted by Crippen LogP contribution is 2.40. The molecule has 0 spiro atoms. The van der Waals surface area contributed by atoms with Crippen molar-refractivity contribution in [2.24, 2.45) is 0 Å². The summed E-state index contributed by atoms with van der Waals surface area (Å²) in [7, 11) is 4.96. The Hall–Kier alpha value is -3.55. The highest BCUT2D eigenvalue weighted by molar-refractivity contribution is 6.11. The summed E-state index contributed by atoms with van der Waals surface area (Å²) < 4.78 is 5.15. The second-order valence-electron chi connectivity index (χ2n) is 8.31. The van der Waals surface area contributed by atoms with Crippen LogP contribution in [0.15, 0.2) is 42.5 Å². The third-order valence-corrected chi connectivity index (χ3v) is 5.96. The molecule has 1 N–H and O–H groups in total. The van der Waals surface area contributed by atoms with Crippen LogP contribution < -0.4 is 19.9 Å². The second-order valence-corrected chi connectivity index (χ2v) is 8.31. The van der Waals surface area contributed by atoms with E-state index in [-0.39, 0.29) is 30.3 Å². The van der Waals surface area contributed by atoms with Crippen molar-refractivity contribution in [2.45, 2.75) is 25.3 Å². The van der Waals surface area contributed by atoms with Crippen LogP contribution in [0.3, 0.4) is 0 Å². The van der Waals surface area contributed by atoms with Gasteiger partial charge in [-0.3, -0.25) is 19.3 Å². The largest absolute Gasteiger partial charge is 0.497 e. The quantitative estimate of drug-likeness (QED) is 0.780. The number of methoxy groups -OCH3 is 1. The van der Waals surface area contributed by atoms with Crippen molar-refractivity contribution in [1.82, 2.24) is 4.90 Å². The Kier molecular flexibility index (Phi) is 6.03. The Morgan fingerprint density at radius 3 is 2.53 bits per heavy atom. The zero-order valence-corrected chi connectivity index (χ0v) is 18.6. The fraction of sp³-hybridized carbons (Fsp3) is 0.375. The summed E-state index contributed by atoms with van der Waals surface area (Å²) in [5.74, 6) is 0.141. The fourth-order valence-corrected chi connectivity index (χ4v) is 4.33. The van der Waals surface area contributed by atoms with Crippen molar-refractivity contribution in [1.29, 1.82) is 0 Å². The standard InChI is InChI=1S/C24H28N4O4/c1-26(2)23(30)16-7-12-19-21(14-16)28(24(31)20-6-4-5-13-27(19)20)15-22(29)25-17-8-10-18(32-3)11-9-17/h7-12,14,20H,4-6,13,15H2,1-3H3,(H,25,29)/t20-/m1/s1. The first-order chi connectivity index (χ1) is 15.4. The van der Waals surface area contributed by atoms with Gasteiger partial charge in [0.25, 0.3) is 5.91 Å². The first-order valence-electron chi connectivity index (χ1n) is 10.8. The van der Waals surface area contributed by atoms with Crippen LogP contribution in [0.4, 0.5) is 17.1 Å². The highest BCUT2D eigenvalue weighted by Gasteiger charge is 2.40. The maximum absolute atomic E-state index is 13.4. The highest BCUT2D eigenvalue weighted by atomic mass is 16.5. The molecule has 2 aromatic rings. The molecule has 4 rings (SSSR count). The van der Waals surface area contributed by atoms with E-state index >= 15 is 0 Å². The number of piperidine rings is 1. The number of carbonyl (C=O) groups is 3. The molecule has 0 unspecified atom stereocenters. The average Bonchev–Trinajstić information content (AvgIpc) is 2.81. The number of hydrogen-bond acceptors (Lipinski definition) is 5. The maximum atomic E-state index is 13.4. The van der Waals surface area contributed by atoms with E-state index in [9.17, 15) is 14.4 Å². The molecule has 0 bridgehead atoms. The van der Waals surface area contributed by atoms with Crippen LogP contribution in [0.5, 0.6) is 5.75 Å². The second kappa shape index (κ2) is 8.90. The van der Waals surface area contributed by atoms with Crippen molar-refractivity contribution >= 4 is 34.8 Å². The first-order valence-corrected chi connectivity index (χ1v) is 10.8. The Morgan fingerprint density at radius 1 is 1.09 bits per heavy atom. The summed E-state index contributed by atoms with van der Waals surface area (Å²) in [6.07, 6.45) is 2.75. The fourth-order valence-electron chi connectivity index (χ4n) is 4.33. The molecule has 1 saturated heterocycles. The van der Waals surface area contributed by atoms with E-state index in [1.807, 2.05) is 6.07 Å². The molecule has 2 aliphatic rings. The van der Waals surface area contributed by atoms with E-state index in [4.69, 9.17) is 4.74 Å². The van der Waals surface area contributed by atoms with Gasteiger partial charge in [0, 0.05) is 31.9 Å². The van der Waals surface area contributed by atoms with Gasteiger partial charge in [0.15, 0.2) is 0 Å². The smallest absolute Gasteiger partial charge is 0.253 e. The normalized spacial score (nSPS) is 17.3. The number of carbonyl (C=O) groups excluding carboxylic acids is 3. The lowest BCUT2D eigenvalue weighted by molar-refractivity contribution is -0.123.